The van der Waals surface area contributed by atoms with E-state index in [0.717, 1.165) is 24.2 Å². The van der Waals surface area contributed by atoms with E-state index < -0.39 is 10.0 Å². The molecule has 0 aliphatic carbocycles. The number of amides is 1. The number of carbonyl (C=O) groups is 1. The quantitative estimate of drug-likeness (QED) is 0.363. The predicted octanol–water partition coefficient (Wildman–Crippen LogP) is 3.55. The van der Waals surface area contributed by atoms with E-state index >= 15 is 0 Å². The zero-order chi connectivity index (χ0) is 23.4. The number of aryl methyl sites for hydroxylation is 1. The number of anilines is 1. The highest BCUT2D eigenvalue weighted by Crippen LogP contribution is 2.27. The Morgan fingerprint density at radius 1 is 1.27 bits per heavy atom. The maximum absolute atomic E-state index is 12.8. The van der Waals surface area contributed by atoms with Crippen molar-refractivity contribution in [1.82, 2.24) is 19.1 Å². The standard InChI is InChI=1S/C22H25N5O4S2/c1-3-10-27-21(19-9-13-31-16(19)2)24-25-22(27)32-15-20(28)23-17-7-6-8-18(14-17)33(29,30)26-11-4-5-12-26/h3,6-9,13-14H,1,4-5,10-12,15H2,2H3,(H,23,28). The number of thioether (sulfide) groups is 1. The number of hydrogen-bond acceptors (Lipinski definition) is 7. The minimum Gasteiger partial charge on any atom is -0.469 e. The SMILES string of the molecule is C=CCn1c(SCC(=O)Nc2cccc(S(=O)(=O)N3CCCC3)c2)nnc1-c1ccoc1C. The number of aromatic nitrogens is 3. The lowest BCUT2D eigenvalue weighted by Gasteiger charge is -2.16. The summed E-state index contributed by atoms with van der Waals surface area (Å²) in [5.74, 6) is 1.18. The molecule has 1 aliphatic heterocycles. The van der Waals surface area contributed by atoms with Crippen LogP contribution >= 0.6 is 11.8 Å². The second-order valence-electron chi connectivity index (χ2n) is 7.57. The molecule has 0 unspecified atom stereocenters. The summed E-state index contributed by atoms with van der Waals surface area (Å²) in [6, 6.07) is 8.17. The molecule has 0 saturated carbocycles. The smallest absolute Gasteiger partial charge is 0.243 e. The number of hydrogen-bond donors (Lipinski definition) is 1. The minimum absolute atomic E-state index is 0.0861. The summed E-state index contributed by atoms with van der Waals surface area (Å²) < 4.78 is 34.3. The summed E-state index contributed by atoms with van der Waals surface area (Å²) in [4.78, 5) is 12.8. The molecular formula is C22H25N5O4S2. The first kappa shape index (κ1) is 23.3. The minimum atomic E-state index is -3.55. The fourth-order valence-electron chi connectivity index (χ4n) is 3.64. The monoisotopic (exact) mass is 487 g/mol. The van der Waals surface area contributed by atoms with Crippen molar-refractivity contribution in [3.8, 4) is 11.4 Å². The second kappa shape index (κ2) is 9.94. The molecule has 3 heterocycles. The van der Waals surface area contributed by atoms with Crippen molar-refractivity contribution >= 4 is 33.4 Å². The molecule has 2 aromatic heterocycles. The van der Waals surface area contributed by atoms with E-state index in [1.54, 1.807) is 30.5 Å². The van der Waals surface area contributed by atoms with Crippen LogP contribution in [-0.4, -0.2) is 52.2 Å². The summed E-state index contributed by atoms with van der Waals surface area (Å²) in [6.45, 7) is 7.17. The fourth-order valence-corrected chi connectivity index (χ4v) is 5.96. The molecule has 0 radical (unpaired) electrons. The maximum atomic E-state index is 12.8. The molecule has 1 saturated heterocycles. The molecule has 1 aromatic carbocycles. The predicted molar refractivity (Wildman–Crippen MR) is 126 cm³/mol. The third-order valence-corrected chi connectivity index (χ3v) is 8.14. The van der Waals surface area contributed by atoms with Crippen molar-refractivity contribution in [2.45, 2.75) is 36.4 Å². The number of nitrogens with zero attached hydrogens (tertiary/aromatic N) is 4. The van der Waals surface area contributed by atoms with Crippen LogP contribution in [0, 0.1) is 6.92 Å². The first-order chi connectivity index (χ1) is 15.9. The topological polar surface area (TPSA) is 110 Å². The van der Waals surface area contributed by atoms with Crippen molar-refractivity contribution < 1.29 is 17.6 Å². The lowest BCUT2D eigenvalue weighted by molar-refractivity contribution is -0.113. The average molecular weight is 488 g/mol. The Morgan fingerprint density at radius 2 is 2.06 bits per heavy atom. The van der Waals surface area contributed by atoms with E-state index in [0.29, 0.717) is 36.3 Å². The largest absolute Gasteiger partial charge is 0.469 e. The molecule has 1 N–H and O–H groups in total. The zero-order valence-corrected chi connectivity index (χ0v) is 19.9. The molecular weight excluding hydrogens is 462 g/mol. The van der Waals surface area contributed by atoms with Crippen molar-refractivity contribution in [3.63, 3.8) is 0 Å². The zero-order valence-electron chi connectivity index (χ0n) is 18.2. The van der Waals surface area contributed by atoms with Gasteiger partial charge in [-0.2, -0.15) is 4.31 Å². The van der Waals surface area contributed by atoms with Gasteiger partial charge < -0.3 is 9.73 Å². The van der Waals surface area contributed by atoms with Gasteiger partial charge in [0.2, 0.25) is 15.9 Å². The number of nitrogens with one attached hydrogen (secondary N) is 1. The van der Waals surface area contributed by atoms with Gasteiger partial charge in [-0.05, 0) is 44.0 Å². The number of rotatable bonds is 9. The highest BCUT2D eigenvalue weighted by atomic mass is 32.2. The second-order valence-corrected chi connectivity index (χ2v) is 10.5. The van der Waals surface area contributed by atoms with Gasteiger partial charge in [0.15, 0.2) is 11.0 Å². The molecule has 0 bridgehead atoms. The number of allylic oxidation sites excluding steroid dienone is 1. The Hall–Kier alpha value is -2.89. The first-order valence-corrected chi connectivity index (χ1v) is 12.9. The van der Waals surface area contributed by atoms with E-state index in [9.17, 15) is 13.2 Å². The lowest BCUT2D eigenvalue weighted by atomic mass is 10.2. The van der Waals surface area contributed by atoms with Crippen LogP contribution in [0.25, 0.3) is 11.4 Å². The van der Waals surface area contributed by atoms with Crippen LogP contribution in [-0.2, 0) is 21.4 Å². The van der Waals surface area contributed by atoms with Crippen LogP contribution in [0.4, 0.5) is 5.69 Å². The average Bonchev–Trinajstić information content (AvgIpc) is 3.54. The molecule has 33 heavy (non-hydrogen) atoms. The Balaban J connectivity index is 1.44. The normalized spacial score (nSPS) is 14.5. The molecule has 0 spiro atoms. The third kappa shape index (κ3) is 5.05. The van der Waals surface area contributed by atoms with Gasteiger partial charge in [-0.25, -0.2) is 8.42 Å². The lowest BCUT2D eigenvalue weighted by Crippen LogP contribution is -2.28. The summed E-state index contributed by atoms with van der Waals surface area (Å²) in [7, 11) is -3.55. The Labute approximate surface area is 196 Å². The van der Waals surface area contributed by atoms with Crippen LogP contribution in [0.1, 0.15) is 18.6 Å². The fraction of sp³-hybridized carbons (Fsp3) is 0.318. The summed E-state index contributed by atoms with van der Waals surface area (Å²) in [5.41, 5.74) is 1.26. The van der Waals surface area contributed by atoms with E-state index in [-0.39, 0.29) is 16.6 Å². The third-order valence-electron chi connectivity index (χ3n) is 5.28. The Bertz CT molecular complexity index is 1260. The van der Waals surface area contributed by atoms with Gasteiger partial charge in [0.05, 0.1) is 22.5 Å². The van der Waals surface area contributed by atoms with Gasteiger partial charge in [-0.3, -0.25) is 9.36 Å². The van der Waals surface area contributed by atoms with Gasteiger partial charge in [-0.15, -0.1) is 16.8 Å². The van der Waals surface area contributed by atoms with Crippen molar-refractivity contribution in [3.05, 3.63) is 55.0 Å². The Kier molecular flexibility index (Phi) is 7.01. The van der Waals surface area contributed by atoms with Gasteiger partial charge >= 0.3 is 0 Å². The number of benzene rings is 1. The van der Waals surface area contributed by atoms with Crippen LogP contribution in [0.3, 0.4) is 0 Å². The number of sulfonamides is 1. The van der Waals surface area contributed by atoms with Gasteiger partial charge in [0.1, 0.15) is 5.76 Å². The van der Waals surface area contributed by atoms with Gasteiger partial charge in [-0.1, -0.05) is 23.9 Å². The Morgan fingerprint density at radius 3 is 2.76 bits per heavy atom. The molecule has 0 atom stereocenters. The van der Waals surface area contributed by atoms with Crippen molar-refractivity contribution in [2.24, 2.45) is 0 Å². The van der Waals surface area contributed by atoms with Crippen LogP contribution in [0.5, 0.6) is 0 Å². The molecule has 4 rings (SSSR count). The highest BCUT2D eigenvalue weighted by Gasteiger charge is 2.27. The molecule has 1 amide bonds. The molecule has 3 aromatic rings. The molecule has 1 fully saturated rings. The van der Waals surface area contributed by atoms with Crippen LogP contribution in [0.15, 0.2) is 63.7 Å². The first-order valence-electron chi connectivity index (χ1n) is 10.5. The van der Waals surface area contributed by atoms with Crippen molar-refractivity contribution in [2.75, 3.05) is 24.2 Å². The molecule has 1 aliphatic rings. The van der Waals surface area contributed by atoms with E-state index in [2.05, 4.69) is 22.1 Å². The van der Waals surface area contributed by atoms with Crippen LogP contribution < -0.4 is 5.32 Å². The molecule has 9 nitrogen and oxygen atoms in total. The van der Waals surface area contributed by atoms with Gasteiger partial charge in [0, 0.05) is 25.3 Å². The van der Waals surface area contributed by atoms with Gasteiger partial charge in [0.25, 0.3) is 0 Å². The van der Waals surface area contributed by atoms with E-state index in [4.69, 9.17) is 4.42 Å². The van der Waals surface area contributed by atoms with Crippen molar-refractivity contribution in [1.29, 1.82) is 0 Å². The summed E-state index contributed by atoms with van der Waals surface area (Å²) in [6.07, 6.45) is 5.06. The maximum Gasteiger partial charge on any atom is 0.243 e. The number of furan rings is 1. The summed E-state index contributed by atoms with van der Waals surface area (Å²) >= 11 is 1.24. The van der Waals surface area contributed by atoms with Crippen LogP contribution in [0.2, 0.25) is 0 Å². The molecule has 174 valence electrons. The molecule has 11 heteroatoms. The van der Waals surface area contributed by atoms with E-state index in [1.807, 2.05) is 17.6 Å². The van der Waals surface area contributed by atoms with E-state index in [1.165, 1.54) is 22.1 Å². The highest BCUT2D eigenvalue weighted by molar-refractivity contribution is 7.99. The number of carbonyl (C=O) groups excluding carboxylic acids is 1. The summed E-state index contributed by atoms with van der Waals surface area (Å²) in [5, 5.41) is 11.8.